The molecule has 0 amide bonds. The van der Waals surface area contributed by atoms with Crippen molar-refractivity contribution in [2.45, 2.75) is 25.9 Å². The minimum atomic E-state index is -0.541. The highest BCUT2D eigenvalue weighted by Gasteiger charge is 2.23. The minimum absolute atomic E-state index is 0.0430. The first-order chi connectivity index (χ1) is 19.8. The van der Waals surface area contributed by atoms with Gasteiger partial charge in [0.1, 0.15) is 17.6 Å². The third kappa shape index (κ3) is 5.01. The summed E-state index contributed by atoms with van der Waals surface area (Å²) in [6, 6.07) is 13.7. The van der Waals surface area contributed by atoms with Crippen LogP contribution in [0.1, 0.15) is 42.8 Å². The summed E-state index contributed by atoms with van der Waals surface area (Å²) >= 11 is 12.8. The second-order valence-electron chi connectivity index (χ2n) is 9.71. The summed E-state index contributed by atoms with van der Waals surface area (Å²) in [5.74, 6) is -0.541. The molecule has 2 aromatic carbocycles. The predicted molar refractivity (Wildman–Crippen MR) is 157 cm³/mol. The molecule has 6 aromatic rings. The number of nitriles is 1. The average Bonchev–Trinajstić information content (AvgIpc) is 3.64. The Morgan fingerprint density at radius 3 is 2.63 bits per heavy atom. The largest absolute Gasteiger partial charge is 0.373 e. The van der Waals surface area contributed by atoms with Crippen LogP contribution >= 0.6 is 23.2 Å². The Labute approximate surface area is 244 Å². The molecule has 6 rings (SSSR count). The smallest absolute Gasteiger partial charge is 0.141 e. The molecule has 2 N–H and O–H groups in total. The van der Waals surface area contributed by atoms with E-state index in [1.807, 2.05) is 48.8 Å². The van der Waals surface area contributed by atoms with Gasteiger partial charge in [-0.15, -0.1) is 5.10 Å². The summed E-state index contributed by atoms with van der Waals surface area (Å²) in [5, 5.41) is 26.4. The first-order valence-corrected chi connectivity index (χ1v) is 13.4. The monoisotopic (exact) mass is 585 g/mol. The van der Waals surface area contributed by atoms with E-state index in [1.54, 1.807) is 29.3 Å². The van der Waals surface area contributed by atoms with Gasteiger partial charge in [0.15, 0.2) is 0 Å². The number of imidazole rings is 1. The van der Waals surface area contributed by atoms with Crippen LogP contribution in [0.2, 0.25) is 10.0 Å². The molecule has 0 aliphatic heterocycles. The van der Waals surface area contributed by atoms with Gasteiger partial charge in [-0.2, -0.15) is 5.26 Å². The first-order valence-electron chi connectivity index (χ1n) is 12.7. The standard InChI is InChI=1S/C29H22Cl2FN9/c1-16(2)41-14-25(38-39-41)29(20-4-3-7-40-15-34-13-26(20)40)37-19-8-21-27(36-18-5-6-24(32)22(30)9-18)17(11-33)12-35-28(21)23(31)10-19/h3-10,12-16,29,37H,1-2H3,(H,35,36)/t29-/m0/s1. The van der Waals surface area contributed by atoms with Gasteiger partial charge in [-0.3, -0.25) is 4.98 Å². The summed E-state index contributed by atoms with van der Waals surface area (Å²) in [7, 11) is 0. The van der Waals surface area contributed by atoms with Crippen molar-refractivity contribution < 1.29 is 4.39 Å². The van der Waals surface area contributed by atoms with Gasteiger partial charge in [0, 0.05) is 40.8 Å². The fraction of sp³-hybridized carbons (Fsp3) is 0.138. The van der Waals surface area contributed by atoms with Crippen LogP contribution < -0.4 is 10.6 Å². The molecule has 4 heterocycles. The molecule has 1 atom stereocenters. The number of hydrogen-bond acceptors (Lipinski definition) is 7. The van der Waals surface area contributed by atoms with Crippen LogP contribution in [0.25, 0.3) is 16.4 Å². The number of nitrogens with one attached hydrogen (secondary N) is 2. The molecule has 204 valence electrons. The Hall–Kier alpha value is -4.72. The van der Waals surface area contributed by atoms with Crippen molar-refractivity contribution in [3.8, 4) is 6.07 Å². The predicted octanol–water partition coefficient (Wildman–Crippen LogP) is 7.32. The maximum Gasteiger partial charge on any atom is 0.141 e. The molecule has 0 aliphatic rings. The van der Waals surface area contributed by atoms with Crippen LogP contribution in [-0.4, -0.2) is 29.4 Å². The molecule has 41 heavy (non-hydrogen) atoms. The molecule has 0 bridgehead atoms. The Bertz CT molecular complexity index is 1960. The topological polar surface area (TPSA) is 109 Å². The number of aromatic nitrogens is 6. The lowest BCUT2D eigenvalue weighted by molar-refractivity contribution is 0.514. The van der Waals surface area contributed by atoms with Crippen molar-refractivity contribution in [2.24, 2.45) is 0 Å². The van der Waals surface area contributed by atoms with E-state index in [0.717, 1.165) is 11.1 Å². The van der Waals surface area contributed by atoms with E-state index in [4.69, 9.17) is 23.2 Å². The van der Waals surface area contributed by atoms with Gasteiger partial charge in [0.2, 0.25) is 0 Å². The highest BCUT2D eigenvalue weighted by Crippen LogP contribution is 2.37. The van der Waals surface area contributed by atoms with Gasteiger partial charge in [0.05, 0.1) is 57.1 Å². The van der Waals surface area contributed by atoms with Gasteiger partial charge in [-0.1, -0.05) is 34.5 Å². The van der Waals surface area contributed by atoms with E-state index in [1.165, 1.54) is 18.3 Å². The normalized spacial score (nSPS) is 12.1. The highest BCUT2D eigenvalue weighted by molar-refractivity contribution is 6.36. The van der Waals surface area contributed by atoms with Crippen molar-refractivity contribution in [3.63, 3.8) is 0 Å². The molecule has 12 heteroatoms. The SMILES string of the molecule is CC(C)n1cc([C@@H](Nc2cc(Cl)c3ncc(C#N)c(Nc4ccc(F)c(Cl)c4)c3c2)c2cccn3cncc23)nn1. The maximum atomic E-state index is 13.8. The quantitative estimate of drug-likeness (QED) is 0.202. The number of nitrogens with zero attached hydrogens (tertiary/aromatic N) is 7. The number of benzene rings is 2. The third-order valence-corrected chi connectivity index (χ3v) is 7.27. The summed E-state index contributed by atoms with van der Waals surface area (Å²) in [6.07, 6.45) is 8.81. The molecule has 0 fully saturated rings. The molecule has 0 saturated heterocycles. The zero-order valence-corrected chi connectivity index (χ0v) is 23.4. The third-order valence-electron chi connectivity index (χ3n) is 6.69. The van der Waals surface area contributed by atoms with E-state index >= 15 is 0 Å². The Balaban J connectivity index is 1.49. The summed E-state index contributed by atoms with van der Waals surface area (Å²) in [4.78, 5) is 8.74. The van der Waals surface area contributed by atoms with Crippen molar-refractivity contribution in [2.75, 3.05) is 10.6 Å². The zero-order valence-electron chi connectivity index (χ0n) is 21.8. The fourth-order valence-corrected chi connectivity index (χ4v) is 5.10. The molecular formula is C29H22Cl2FN9. The molecule has 0 unspecified atom stereocenters. The van der Waals surface area contributed by atoms with Crippen molar-refractivity contribution in [1.29, 1.82) is 5.26 Å². The van der Waals surface area contributed by atoms with Crippen molar-refractivity contribution in [3.05, 3.63) is 106 Å². The number of hydrogen-bond donors (Lipinski definition) is 2. The molecule has 4 aromatic heterocycles. The second kappa shape index (κ2) is 10.7. The molecule has 0 saturated carbocycles. The van der Waals surface area contributed by atoms with E-state index in [0.29, 0.717) is 38.7 Å². The average molecular weight is 586 g/mol. The van der Waals surface area contributed by atoms with Crippen LogP contribution in [-0.2, 0) is 0 Å². The number of pyridine rings is 2. The second-order valence-corrected chi connectivity index (χ2v) is 10.5. The highest BCUT2D eigenvalue weighted by atomic mass is 35.5. The summed E-state index contributed by atoms with van der Waals surface area (Å²) in [6.45, 7) is 4.06. The van der Waals surface area contributed by atoms with Crippen LogP contribution in [0.4, 0.5) is 21.5 Å². The Morgan fingerprint density at radius 2 is 1.88 bits per heavy atom. The number of halogens is 3. The number of anilines is 3. The summed E-state index contributed by atoms with van der Waals surface area (Å²) < 4.78 is 17.5. The van der Waals surface area contributed by atoms with E-state index in [9.17, 15) is 9.65 Å². The lowest BCUT2D eigenvalue weighted by Crippen LogP contribution is -2.14. The zero-order chi connectivity index (χ0) is 28.7. The molecule has 0 spiro atoms. The lowest BCUT2D eigenvalue weighted by atomic mass is 10.0. The van der Waals surface area contributed by atoms with Crippen LogP contribution in [0.5, 0.6) is 0 Å². The Kier molecular flexibility index (Phi) is 6.91. The maximum absolute atomic E-state index is 13.8. The summed E-state index contributed by atoms with van der Waals surface area (Å²) in [5.41, 5.74) is 4.94. The minimum Gasteiger partial charge on any atom is -0.373 e. The van der Waals surface area contributed by atoms with Crippen LogP contribution in [0.3, 0.4) is 0 Å². The van der Waals surface area contributed by atoms with Crippen molar-refractivity contribution >= 4 is 56.7 Å². The van der Waals surface area contributed by atoms with Gasteiger partial charge < -0.3 is 15.0 Å². The van der Waals surface area contributed by atoms with Crippen LogP contribution in [0, 0.1) is 17.1 Å². The number of fused-ring (bicyclic) bond motifs is 2. The first kappa shape index (κ1) is 26.5. The lowest BCUT2D eigenvalue weighted by Gasteiger charge is -2.21. The van der Waals surface area contributed by atoms with E-state index in [-0.39, 0.29) is 16.6 Å². The molecule has 0 aliphatic carbocycles. The van der Waals surface area contributed by atoms with E-state index < -0.39 is 11.9 Å². The molecular weight excluding hydrogens is 564 g/mol. The Morgan fingerprint density at radius 1 is 1.05 bits per heavy atom. The van der Waals surface area contributed by atoms with Gasteiger partial charge >= 0.3 is 0 Å². The van der Waals surface area contributed by atoms with E-state index in [2.05, 4.69) is 37.0 Å². The van der Waals surface area contributed by atoms with Gasteiger partial charge in [0.25, 0.3) is 0 Å². The van der Waals surface area contributed by atoms with Crippen LogP contribution in [0.15, 0.2) is 73.6 Å². The van der Waals surface area contributed by atoms with Gasteiger partial charge in [-0.25, -0.2) is 14.1 Å². The van der Waals surface area contributed by atoms with Gasteiger partial charge in [-0.05, 0) is 50.2 Å². The molecule has 0 radical (unpaired) electrons. The fourth-order valence-electron chi connectivity index (χ4n) is 4.65. The van der Waals surface area contributed by atoms with Crippen molar-refractivity contribution in [1.82, 2.24) is 29.4 Å². The number of rotatable bonds is 7. The molecule has 9 nitrogen and oxygen atoms in total.